The van der Waals surface area contributed by atoms with Gasteiger partial charge in [0.05, 0.1) is 0 Å². The van der Waals surface area contributed by atoms with E-state index in [2.05, 4.69) is 11.9 Å². The Morgan fingerprint density at radius 2 is 2.33 bits per heavy atom. The minimum atomic E-state index is 0. The van der Waals surface area contributed by atoms with Crippen molar-refractivity contribution in [2.45, 2.75) is 13.3 Å². The van der Waals surface area contributed by atoms with Crippen LogP contribution in [0, 0.1) is 5.41 Å². The molecule has 1 heterocycles. The van der Waals surface area contributed by atoms with E-state index < -0.39 is 0 Å². The Labute approximate surface area is 77.9 Å². The maximum absolute atomic E-state index is 7.12. The lowest BCUT2D eigenvalue weighted by molar-refractivity contribution is 1.11. The maximum atomic E-state index is 7.12. The van der Waals surface area contributed by atoms with Crippen molar-refractivity contribution in [1.29, 1.82) is 5.41 Å². The number of aryl methyl sites for hydroxylation is 1. The van der Waals surface area contributed by atoms with Crippen LogP contribution in [-0.2, 0) is 6.42 Å². The highest BCUT2D eigenvalue weighted by Crippen LogP contribution is 2.00. The molecular weight excluding hydrogens is 174 g/mol. The Hall–Kier alpha value is -1.09. The molecule has 0 unspecified atom stereocenters. The highest BCUT2D eigenvalue weighted by Gasteiger charge is 1.97. The Kier molecular flexibility index (Phi) is 4.29. The largest absolute Gasteiger partial charge is 0.382 e. The molecule has 1 rings (SSSR count). The molecule has 0 radical (unpaired) electrons. The van der Waals surface area contributed by atoms with E-state index in [-0.39, 0.29) is 18.2 Å². The molecule has 0 fully saturated rings. The molecule has 0 amide bonds. The van der Waals surface area contributed by atoms with Gasteiger partial charge in [-0.3, -0.25) is 10.4 Å². The number of hydrogen-bond donors (Lipinski definition) is 2. The Balaban J connectivity index is 0.00000121. The Bertz CT molecular complexity index is 273. The predicted molar refractivity (Wildman–Crippen MR) is 51.9 cm³/mol. The van der Waals surface area contributed by atoms with Crippen LogP contribution in [0.1, 0.15) is 18.2 Å². The first kappa shape index (κ1) is 10.9. The van der Waals surface area contributed by atoms with E-state index >= 15 is 0 Å². The van der Waals surface area contributed by atoms with Crippen LogP contribution in [0.5, 0.6) is 0 Å². The quantitative estimate of drug-likeness (QED) is 0.540. The lowest BCUT2D eigenvalue weighted by Gasteiger charge is -1.98. The number of hydrogen-bond acceptors (Lipinski definition) is 2. The van der Waals surface area contributed by atoms with Crippen molar-refractivity contribution in [3.63, 3.8) is 0 Å². The summed E-state index contributed by atoms with van der Waals surface area (Å²) in [6.45, 7) is 2.05. The molecule has 12 heavy (non-hydrogen) atoms. The van der Waals surface area contributed by atoms with Gasteiger partial charge in [0.1, 0.15) is 11.5 Å². The highest BCUT2D eigenvalue weighted by atomic mass is 35.5. The van der Waals surface area contributed by atoms with E-state index in [4.69, 9.17) is 11.1 Å². The summed E-state index contributed by atoms with van der Waals surface area (Å²) in [6.07, 6.45) is 2.62. The van der Waals surface area contributed by atoms with Gasteiger partial charge in [-0.25, -0.2) is 0 Å². The van der Waals surface area contributed by atoms with E-state index in [1.165, 1.54) is 0 Å². The molecule has 1 aromatic rings. The highest BCUT2D eigenvalue weighted by molar-refractivity contribution is 5.93. The van der Waals surface area contributed by atoms with Crippen LogP contribution in [0.15, 0.2) is 18.3 Å². The Morgan fingerprint density at radius 3 is 2.83 bits per heavy atom. The van der Waals surface area contributed by atoms with E-state index in [0.29, 0.717) is 5.69 Å². The SMILES string of the molecule is CCc1ccnc(C(=N)N)c1.Cl. The molecule has 4 heteroatoms. The maximum Gasteiger partial charge on any atom is 0.141 e. The summed E-state index contributed by atoms with van der Waals surface area (Å²) in [5.74, 6) is 0.0281. The van der Waals surface area contributed by atoms with E-state index in [0.717, 1.165) is 12.0 Å². The van der Waals surface area contributed by atoms with Crippen LogP contribution >= 0.6 is 12.4 Å². The summed E-state index contributed by atoms with van der Waals surface area (Å²) in [6, 6.07) is 3.76. The number of aromatic nitrogens is 1. The molecule has 1 aromatic heterocycles. The number of pyridine rings is 1. The molecule has 66 valence electrons. The van der Waals surface area contributed by atoms with E-state index in [9.17, 15) is 0 Å². The molecule has 0 bridgehead atoms. The molecule has 0 aliphatic carbocycles. The second-order valence-corrected chi connectivity index (χ2v) is 2.32. The van der Waals surface area contributed by atoms with Gasteiger partial charge in [-0.15, -0.1) is 12.4 Å². The Morgan fingerprint density at radius 1 is 1.67 bits per heavy atom. The van der Waals surface area contributed by atoms with Crippen molar-refractivity contribution in [3.05, 3.63) is 29.6 Å². The number of nitrogen functional groups attached to an aromatic ring is 1. The standard InChI is InChI=1S/C8H11N3.ClH/c1-2-6-3-4-11-7(5-6)8(9)10;/h3-5H,2H2,1H3,(H3,9,10);1H. The van der Waals surface area contributed by atoms with Crippen LogP contribution in [0.3, 0.4) is 0 Å². The average molecular weight is 186 g/mol. The first-order chi connectivity index (χ1) is 5.24. The normalized spacial score (nSPS) is 8.75. The van der Waals surface area contributed by atoms with Crippen molar-refractivity contribution in [3.8, 4) is 0 Å². The van der Waals surface area contributed by atoms with Gasteiger partial charge >= 0.3 is 0 Å². The summed E-state index contributed by atoms with van der Waals surface area (Å²) < 4.78 is 0. The van der Waals surface area contributed by atoms with Gasteiger partial charge in [0.25, 0.3) is 0 Å². The van der Waals surface area contributed by atoms with Crippen LogP contribution in [0.2, 0.25) is 0 Å². The fraction of sp³-hybridized carbons (Fsp3) is 0.250. The third-order valence-corrected chi connectivity index (χ3v) is 1.51. The number of nitrogens with one attached hydrogen (secondary N) is 1. The van der Waals surface area contributed by atoms with E-state index in [1.807, 2.05) is 12.1 Å². The number of halogens is 1. The molecule has 0 aromatic carbocycles. The summed E-state index contributed by atoms with van der Waals surface area (Å²) in [5.41, 5.74) is 6.98. The molecule has 0 aliphatic rings. The molecule has 0 saturated carbocycles. The molecule has 0 aliphatic heterocycles. The van der Waals surface area contributed by atoms with Gasteiger partial charge in [0, 0.05) is 6.20 Å². The summed E-state index contributed by atoms with van der Waals surface area (Å²) >= 11 is 0. The van der Waals surface area contributed by atoms with Crippen molar-refractivity contribution in [1.82, 2.24) is 4.98 Å². The fourth-order valence-electron chi connectivity index (χ4n) is 0.842. The summed E-state index contributed by atoms with van der Waals surface area (Å²) in [7, 11) is 0. The van der Waals surface area contributed by atoms with Crippen molar-refractivity contribution < 1.29 is 0 Å². The molecule has 0 saturated heterocycles. The first-order valence-corrected chi connectivity index (χ1v) is 3.53. The number of nitrogens with zero attached hydrogens (tertiary/aromatic N) is 1. The monoisotopic (exact) mass is 185 g/mol. The summed E-state index contributed by atoms with van der Waals surface area (Å²) in [5, 5.41) is 7.12. The zero-order chi connectivity index (χ0) is 8.27. The van der Waals surface area contributed by atoms with Crippen LogP contribution in [0.4, 0.5) is 0 Å². The zero-order valence-electron chi connectivity index (χ0n) is 6.87. The minimum absolute atomic E-state index is 0. The third-order valence-electron chi connectivity index (χ3n) is 1.51. The van der Waals surface area contributed by atoms with Crippen LogP contribution < -0.4 is 5.73 Å². The minimum Gasteiger partial charge on any atom is -0.382 e. The predicted octanol–water partition coefficient (Wildman–Crippen LogP) is 1.35. The summed E-state index contributed by atoms with van der Waals surface area (Å²) in [4.78, 5) is 3.94. The smallest absolute Gasteiger partial charge is 0.141 e. The van der Waals surface area contributed by atoms with Crippen LogP contribution in [-0.4, -0.2) is 10.8 Å². The van der Waals surface area contributed by atoms with Gasteiger partial charge in [-0.1, -0.05) is 6.92 Å². The molecule has 3 nitrogen and oxygen atoms in total. The second kappa shape index (κ2) is 4.72. The van der Waals surface area contributed by atoms with Gasteiger partial charge in [-0.05, 0) is 24.1 Å². The average Bonchev–Trinajstić information content (AvgIpc) is 2.05. The molecule has 0 spiro atoms. The van der Waals surface area contributed by atoms with Gasteiger partial charge in [-0.2, -0.15) is 0 Å². The second-order valence-electron chi connectivity index (χ2n) is 2.32. The van der Waals surface area contributed by atoms with Crippen molar-refractivity contribution in [2.24, 2.45) is 5.73 Å². The van der Waals surface area contributed by atoms with Gasteiger partial charge in [0.15, 0.2) is 0 Å². The molecular formula is C8H12ClN3. The lowest BCUT2D eigenvalue weighted by atomic mass is 10.2. The third kappa shape index (κ3) is 2.51. The number of amidine groups is 1. The number of rotatable bonds is 2. The fourth-order valence-corrected chi connectivity index (χ4v) is 0.842. The topological polar surface area (TPSA) is 62.8 Å². The van der Waals surface area contributed by atoms with Crippen molar-refractivity contribution in [2.75, 3.05) is 0 Å². The van der Waals surface area contributed by atoms with Gasteiger partial charge < -0.3 is 5.73 Å². The lowest BCUT2D eigenvalue weighted by Crippen LogP contribution is -2.13. The molecule has 3 N–H and O–H groups in total. The van der Waals surface area contributed by atoms with E-state index in [1.54, 1.807) is 6.20 Å². The van der Waals surface area contributed by atoms with Crippen molar-refractivity contribution >= 4 is 18.2 Å². The number of nitrogens with two attached hydrogens (primary N) is 1. The van der Waals surface area contributed by atoms with Gasteiger partial charge in [0.2, 0.25) is 0 Å². The zero-order valence-corrected chi connectivity index (χ0v) is 7.69. The van der Waals surface area contributed by atoms with Crippen LogP contribution in [0.25, 0.3) is 0 Å². The molecule has 0 atom stereocenters. The first-order valence-electron chi connectivity index (χ1n) is 3.53.